The monoisotopic (exact) mass is 281 g/mol. The highest BCUT2D eigenvalue weighted by Crippen LogP contribution is 2.20. The fourth-order valence-electron chi connectivity index (χ4n) is 1.11. The molecule has 16 heavy (non-hydrogen) atoms. The van der Waals surface area contributed by atoms with Crippen LogP contribution in [0.25, 0.3) is 0 Å². The molecule has 1 heterocycles. The maximum absolute atomic E-state index is 9.93. The van der Waals surface area contributed by atoms with Gasteiger partial charge in [0.05, 0.1) is 11.8 Å². The summed E-state index contributed by atoms with van der Waals surface area (Å²) in [5, 5.41) is 13.4. The molecule has 0 aliphatic rings. The number of hydrogen-bond acceptors (Lipinski definition) is 5. The van der Waals surface area contributed by atoms with E-state index in [0.717, 1.165) is 0 Å². The molecule has 0 aliphatic carbocycles. The molecule has 0 bridgehead atoms. The SMILES string of the molecule is CSCC(C)(O)CNc1nc(Cl)ncc1Cl. The average Bonchev–Trinajstić information content (AvgIpc) is 2.19. The second-order valence-electron chi connectivity index (χ2n) is 3.62. The number of nitrogens with one attached hydrogen (secondary N) is 1. The third kappa shape index (κ3) is 4.33. The third-order valence-corrected chi connectivity index (χ3v) is 3.18. The molecule has 1 atom stereocenters. The highest BCUT2D eigenvalue weighted by atomic mass is 35.5. The van der Waals surface area contributed by atoms with Crippen LogP contribution in [0.3, 0.4) is 0 Å². The number of aromatic nitrogens is 2. The van der Waals surface area contributed by atoms with E-state index in [-0.39, 0.29) is 5.28 Å². The molecule has 90 valence electrons. The van der Waals surface area contributed by atoms with Gasteiger partial charge in [0, 0.05) is 12.3 Å². The summed E-state index contributed by atoms with van der Waals surface area (Å²) in [6.07, 6.45) is 3.35. The quantitative estimate of drug-likeness (QED) is 0.812. The summed E-state index contributed by atoms with van der Waals surface area (Å²) in [6, 6.07) is 0. The second kappa shape index (κ2) is 5.91. The minimum atomic E-state index is -0.819. The third-order valence-electron chi connectivity index (χ3n) is 1.81. The first-order valence-electron chi connectivity index (χ1n) is 4.58. The van der Waals surface area contributed by atoms with Gasteiger partial charge in [0.1, 0.15) is 10.8 Å². The van der Waals surface area contributed by atoms with Crippen LogP contribution in [0.1, 0.15) is 6.92 Å². The van der Waals surface area contributed by atoms with Crippen molar-refractivity contribution in [1.29, 1.82) is 0 Å². The number of thioether (sulfide) groups is 1. The molecular formula is C9H13Cl2N3OS. The molecule has 1 rings (SSSR count). The van der Waals surface area contributed by atoms with Gasteiger partial charge in [-0.25, -0.2) is 4.98 Å². The standard InChI is InChI=1S/C9H13Cl2N3OS/c1-9(15,5-16-2)4-13-7-6(10)3-12-8(11)14-7/h3,15H,4-5H2,1-2H3,(H,12,13,14). The van der Waals surface area contributed by atoms with Gasteiger partial charge in [0.2, 0.25) is 5.28 Å². The molecule has 0 amide bonds. The first-order valence-corrected chi connectivity index (χ1v) is 6.73. The lowest BCUT2D eigenvalue weighted by Gasteiger charge is -2.22. The van der Waals surface area contributed by atoms with E-state index < -0.39 is 5.60 Å². The number of anilines is 1. The maximum Gasteiger partial charge on any atom is 0.224 e. The van der Waals surface area contributed by atoms with Gasteiger partial charge in [-0.05, 0) is 24.8 Å². The van der Waals surface area contributed by atoms with Crippen molar-refractivity contribution in [2.24, 2.45) is 0 Å². The molecule has 0 saturated carbocycles. The predicted octanol–water partition coefficient (Wildman–Crippen LogP) is 2.31. The maximum atomic E-state index is 9.93. The van der Waals surface area contributed by atoms with Crippen molar-refractivity contribution in [3.63, 3.8) is 0 Å². The van der Waals surface area contributed by atoms with E-state index in [1.807, 2.05) is 6.26 Å². The van der Waals surface area contributed by atoms with Gasteiger partial charge in [0.25, 0.3) is 0 Å². The number of hydrogen-bond donors (Lipinski definition) is 2. The molecule has 0 aromatic carbocycles. The van der Waals surface area contributed by atoms with Crippen LogP contribution in [0, 0.1) is 0 Å². The molecule has 0 saturated heterocycles. The summed E-state index contributed by atoms with van der Waals surface area (Å²) in [5.74, 6) is 1.05. The first kappa shape index (κ1) is 13.8. The Kier molecular flexibility index (Phi) is 5.11. The summed E-state index contributed by atoms with van der Waals surface area (Å²) in [7, 11) is 0. The van der Waals surface area contributed by atoms with Crippen LogP contribution in [0.5, 0.6) is 0 Å². The van der Waals surface area contributed by atoms with E-state index in [1.54, 1.807) is 18.7 Å². The minimum absolute atomic E-state index is 0.122. The fraction of sp³-hybridized carbons (Fsp3) is 0.556. The molecule has 1 aromatic rings. The van der Waals surface area contributed by atoms with Crippen molar-refractivity contribution in [3.8, 4) is 0 Å². The van der Waals surface area contributed by atoms with Gasteiger partial charge >= 0.3 is 0 Å². The lowest BCUT2D eigenvalue weighted by molar-refractivity contribution is 0.0996. The van der Waals surface area contributed by atoms with Gasteiger partial charge in [-0.3, -0.25) is 0 Å². The molecule has 0 radical (unpaired) electrons. The van der Waals surface area contributed by atoms with E-state index in [2.05, 4.69) is 15.3 Å². The Bertz CT molecular complexity index is 363. The van der Waals surface area contributed by atoms with E-state index in [9.17, 15) is 5.11 Å². The van der Waals surface area contributed by atoms with Crippen molar-refractivity contribution in [2.45, 2.75) is 12.5 Å². The largest absolute Gasteiger partial charge is 0.387 e. The molecule has 1 aromatic heterocycles. The molecule has 0 spiro atoms. The van der Waals surface area contributed by atoms with Gasteiger partial charge in [-0.1, -0.05) is 11.6 Å². The molecular weight excluding hydrogens is 269 g/mol. The minimum Gasteiger partial charge on any atom is -0.387 e. The van der Waals surface area contributed by atoms with Crippen LogP contribution >= 0.6 is 35.0 Å². The fourth-order valence-corrected chi connectivity index (χ4v) is 2.12. The zero-order valence-corrected chi connectivity index (χ0v) is 11.3. The first-order chi connectivity index (χ1) is 7.44. The van der Waals surface area contributed by atoms with Gasteiger partial charge in [-0.2, -0.15) is 16.7 Å². The number of halogens is 2. The Morgan fingerprint density at radius 1 is 1.56 bits per heavy atom. The van der Waals surface area contributed by atoms with Crippen LogP contribution < -0.4 is 5.32 Å². The lowest BCUT2D eigenvalue weighted by atomic mass is 10.1. The summed E-state index contributed by atoms with van der Waals surface area (Å²) in [4.78, 5) is 7.67. The van der Waals surface area contributed by atoms with Crippen LogP contribution in [-0.4, -0.2) is 39.2 Å². The zero-order chi connectivity index (χ0) is 12.2. The van der Waals surface area contributed by atoms with Crippen molar-refractivity contribution in [3.05, 3.63) is 16.5 Å². The summed E-state index contributed by atoms with van der Waals surface area (Å²) in [5.41, 5.74) is -0.819. The average molecular weight is 282 g/mol. The molecule has 2 N–H and O–H groups in total. The smallest absolute Gasteiger partial charge is 0.224 e. The predicted molar refractivity (Wildman–Crippen MR) is 69.5 cm³/mol. The topological polar surface area (TPSA) is 58.0 Å². The number of aliphatic hydroxyl groups is 1. The van der Waals surface area contributed by atoms with E-state index >= 15 is 0 Å². The molecule has 0 aliphatic heterocycles. The van der Waals surface area contributed by atoms with Crippen molar-refractivity contribution in [2.75, 3.05) is 23.9 Å². The van der Waals surface area contributed by atoms with Gasteiger partial charge in [0.15, 0.2) is 0 Å². The van der Waals surface area contributed by atoms with Crippen LogP contribution in [0.2, 0.25) is 10.3 Å². The normalized spacial score (nSPS) is 14.6. The Balaban J connectivity index is 2.63. The summed E-state index contributed by atoms with van der Waals surface area (Å²) < 4.78 is 0. The Morgan fingerprint density at radius 2 is 2.25 bits per heavy atom. The number of nitrogens with zero attached hydrogens (tertiary/aromatic N) is 2. The van der Waals surface area contributed by atoms with Crippen molar-refractivity contribution < 1.29 is 5.11 Å². The molecule has 1 unspecified atom stereocenters. The van der Waals surface area contributed by atoms with Crippen LogP contribution in [-0.2, 0) is 0 Å². The Hall–Kier alpha value is -0.230. The highest BCUT2D eigenvalue weighted by molar-refractivity contribution is 7.98. The lowest BCUT2D eigenvalue weighted by Crippen LogP contribution is -2.36. The molecule has 0 fully saturated rings. The Labute approximate surface area is 109 Å². The highest BCUT2D eigenvalue weighted by Gasteiger charge is 2.20. The van der Waals surface area contributed by atoms with E-state index in [0.29, 0.717) is 23.1 Å². The van der Waals surface area contributed by atoms with E-state index in [4.69, 9.17) is 23.2 Å². The molecule has 7 heteroatoms. The second-order valence-corrected chi connectivity index (χ2v) is 5.23. The Morgan fingerprint density at radius 3 is 2.88 bits per heavy atom. The van der Waals surface area contributed by atoms with Gasteiger partial charge in [-0.15, -0.1) is 0 Å². The van der Waals surface area contributed by atoms with E-state index in [1.165, 1.54) is 6.20 Å². The zero-order valence-electron chi connectivity index (χ0n) is 9.00. The van der Waals surface area contributed by atoms with Crippen molar-refractivity contribution >= 4 is 40.8 Å². The summed E-state index contributed by atoms with van der Waals surface area (Å²) in [6.45, 7) is 2.09. The van der Waals surface area contributed by atoms with Crippen LogP contribution in [0.15, 0.2) is 6.20 Å². The van der Waals surface area contributed by atoms with Gasteiger partial charge < -0.3 is 10.4 Å². The van der Waals surface area contributed by atoms with Crippen LogP contribution in [0.4, 0.5) is 5.82 Å². The number of rotatable bonds is 5. The summed E-state index contributed by atoms with van der Waals surface area (Å²) >= 11 is 13.1. The molecule has 4 nitrogen and oxygen atoms in total. The van der Waals surface area contributed by atoms with Crippen molar-refractivity contribution in [1.82, 2.24) is 9.97 Å².